The third-order valence-electron chi connectivity index (χ3n) is 2.68. The molecule has 1 fully saturated rings. The number of ether oxygens (including phenoxy) is 1. The molecule has 2 N–H and O–H groups in total. The van der Waals surface area contributed by atoms with Crippen molar-refractivity contribution >= 4 is 0 Å². The summed E-state index contributed by atoms with van der Waals surface area (Å²) in [5.41, 5.74) is 5.57. The summed E-state index contributed by atoms with van der Waals surface area (Å²) in [6, 6.07) is 0. The molecule has 0 aromatic rings. The molecule has 1 atom stereocenters. The lowest BCUT2D eigenvalue weighted by Crippen LogP contribution is -2.48. The van der Waals surface area contributed by atoms with Gasteiger partial charge in [-0.2, -0.15) is 0 Å². The summed E-state index contributed by atoms with van der Waals surface area (Å²) in [6.45, 7) is 6.13. The van der Waals surface area contributed by atoms with Gasteiger partial charge in [-0.05, 0) is 26.3 Å². The maximum atomic E-state index is 5.51. The number of methoxy groups -OCH3 is 1. The fraction of sp³-hybridized carbons (Fsp3) is 1.00. The molecule has 1 saturated heterocycles. The van der Waals surface area contributed by atoms with Gasteiger partial charge in [0.05, 0.1) is 5.60 Å². The van der Waals surface area contributed by atoms with Crippen molar-refractivity contribution in [2.45, 2.75) is 25.4 Å². The first-order chi connectivity index (χ1) is 5.70. The summed E-state index contributed by atoms with van der Waals surface area (Å²) in [5.74, 6) is 0. The molecule has 0 bridgehead atoms. The van der Waals surface area contributed by atoms with Gasteiger partial charge in [0, 0.05) is 26.7 Å². The Morgan fingerprint density at radius 1 is 1.58 bits per heavy atom. The Kier molecular flexibility index (Phi) is 3.50. The van der Waals surface area contributed by atoms with Crippen LogP contribution in [0.2, 0.25) is 0 Å². The fourth-order valence-electron chi connectivity index (χ4n) is 1.85. The van der Waals surface area contributed by atoms with Crippen LogP contribution in [0.5, 0.6) is 0 Å². The first kappa shape index (κ1) is 9.96. The van der Waals surface area contributed by atoms with Crippen molar-refractivity contribution in [2.24, 2.45) is 5.73 Å². The van der Waals surface area contributed by atoms with Crippen LogP contribution in [-0.2, 0) is 4.74 Å². The van der Waals surface area contributed by atoms with Crippen LogP contribution in [0.25, 0.3) is 0 Å². The van der Waals surface area contributed by atoms with Gasteiger partial charge in [-0.15, -0.1) is 0 Å². The lowest BCUT2D eigenvalue weighted by Gasteiger charge is -2.39. The molecule has 1 aliphatic rings. The van der Waals surface area contributed by atoms with Gasteiger partial charge < -0.3 is 10.5 Å². The third kappa shape index (κ3) is 2.44. The molecular weight excluding hydrogens is 152 g/mol. The number of piperidine rings is 1. The monoisotopic (exact) mass is 172 g/mol. The fourth-order valence-corrected chi connectivity index (χ4v) is 1.85. The predicted molar refractivity (Wildman–Crippen MR) is 50.1 cm³/mol. The van der Waals surface area contributed by atoms with Gasteiger partial charge in [0.1, 0.15) is 0 Å². The van der Waals surface area contributed by atoms with E-state index < -0.39 is 0 Å². The van der Waals surface area contributed by atoms with Crippen molar-refractivity contribution in [3.05, 3.63) is 0 Å². The van der Waals surface area contributed by atoms with E-state index in [1.165, 1.54) is 19.4 Å². The Labute approximate surface area is 74.9 Å². The van der Waals surface area contributed by atoms with Gasteiger partial charge in [-0.1, -0.05) is 0 Å². The average Bonchev–Trinajstić information content (AvgIpc) is 2.05. The minimum absolute atomic E-state index is 0.0629. The third-order valence-corrected chi connectivity index (χ3v) is 2.68. The van der Waals surface area contributed by atoms with E-state index in [4.69, 9.17) is 10.5 Å². The molecule has 3 heteroatoms. The van der Waals surface area contributed by atoms with Crippen LogP contribution >= 0.6 is 0 Å². The lowest BCUT2D eigenvalue weighted by molar-refractivity contribution is -0.0498. The van der Waals surface area contributed by atoms with E-state index in [-0.39, 0.29) is 5.60 Å². The molecule has 0 aromatic heterocycles. The van der Waals surface area contributed by atoms with Crippen LogP contribution in [0.1, 0.15) is 19.8 Å². The maximum Gasteiger partial charge on any atom is 0.0777 e. The summed E-state index contributed by atoms with van der Waals surface area (Å²) in [4.78, 5) is 2.38. The molecule has 72 valence electrons. The first-order valence-electron chi connectivity index (χ1n) is 4.68. The van der Waals surface area contributed by atoms with Gasteiger partial charge in [-0.3, -0.25) is 4.90 Å². The van der Waals surface area contributed by atoms with Gasteiger partial charge >= 0.3 is 0 Å². The second-order valence-corrected chi connectivity index (χ2v) is 3.82. The largest absolute Gasteiger partial charge is 0.377 e. The molecule has 12 heavy (non-hydrogen) atoms. The minimum atomic E-state index is 0.0629. The minimum Gasteiger partial charge on any atom is -0.377 e. The number of hydrogen-bond donors (Lipinski definition) is 1. The topological polar surface area (TPSA) is 38.5 Å². The van der Waals surface area contributed by atoms with E-state index in [1.807, 2.05) is 0 Å². The Morgan fingerprint density at radius 3 is 2.92 bits per heavy atom. The molecule has 0 aromatic carbocycles. The van der Waals surface area contributed by atoms with Crippen molar-refractivity contribution in [3.8, 4) is 0 Å². The number of hydrogen-bond acceptors (Lipinski definition) is 3. The molecule has 1 unspecified atom stereocenters. The Hall–Kier alpha value is -0.120. The van der Waals surface area contributed by atoms with E-state index in [2.05, 4.69) is 11.8 Å². The lowest BCUT2D eigenvalue weighted by atomic mass is 9.95. The van der Waals surface area contributed by atoms with Crippen LogP contribution in [0, 0.1) is 0 Å². The van der Waals surface area contributed by atoms with Crippen molar-refractivity contribution in [3.63, 3.8) is 0 Å². The quantitative estimate of drug-likeness (QED) is 0.671. The van der Waals surface area contributed by atoms with Crippen molar-refractivity contribution in [2.75, 3.05) is 33.3 Å². The van der Waals surface area contributed by atoms with Crippen LogP contribution in [-0.4, -0.2) is 43.8 Å². The standard InChI is InChI=1S/C9H20N2O/c1-9(12-2)4-3-6-11(8-9)7-5-10/h3-8,10H2,1-2H3. The van der Waals surface area contributed by atoms with Crippen LogP contribution < -0.4 is 5.73 Å². The second kappa shape index (κ2) is 4.21. The summed E-state index contributed by atoms with van der Waals surface area (Å²) < 4.78 is 5.47. The molecule has 1 aliphatic heterocycles. The number of nitrogens with two attached hydrogens (primary N) is 1. The molecule has 1 heterocycles. The van der Waals surface area contributed by atoms with Crippen molar-refractivity contribution in [1.82, 2.24) is 4.90 Å². The normalized spacial score (nSPS) is 32.2. The molecule has 0 amide bonds. The smallest absolute Gasteiger partial charge is 0.0777 e. The van der Waals surface area contributed by atoms with E-state index >= 15 is 0 Å². The molecule has 1 rings (SSSR count). The highest BCUT2D eigenvalue weighted by atomic mass is 16.5. The van der Waals surface area contributed by atoms with Crippen molar-refractivity contribution < 1.29 is 4.74 Å². The number of likely N-dealkylation sites (tertiary alicyclic amines) is 1. The van der Waals surface area contributed by atoms with Gasteiger partial charge in [0.15, 0.2) is 0 Å². The second-order valence-electron chi connectivity index (χ2n) is 3.82. The molecule has 0 spiro atoms. The van der Waals surface area contributed by atoms with Gasteiger partial charge in [-0.25, -0.2) is 0 Å². The van der Waals surface area contributed by atoms with Crippen LogP contribution in [0.15, 0.2) is 0 Å². The summed E-state index contributed by atoms with van der Waals surface area (Å²) in [7, 11) is 1.80. The van der Waals surface area contributed by atoms with E-state index in [9.17, 15) is 0 Å². The van der Waals surface area contributed by atoms with E-state index in [0.717, 1.165) is 19.6 Å². The average molecular weight is 172 g/mol. The molecule has 0 saturated carbocycles. The van der Waals surface area contributed by atoms with E-state index in [1.54, 1.807) is 7.11 Å². The zero-order chi connectivity index (χ0) is 9.03. The zero-order valence-corrected chi connectivity index (χ0v) is 8.18. The SMILES string of the molecule is COC1(C)CCCN(CCN)C1. The number of rotatable bonds is 3. The highest BCUT2D eigenvalue weighted by Crippen LogP contribution is 2.23. The van der Waals surface area contributed by atoms with Gasteiger partial charge in [0.2, 0.25) is 0 Å². The van der Waals surface area contributed by atoms with E-state index in [0.29, 0.717) is 0 Å². The molecular formula is C9H20N2O. The van der Waals surface area contributed by atoms with Crippen LogP contribution in [0.4, 0.5) is 0 Å². The summed E-state index contributed by atoms with van der Waals surface area (Å²) >= 11 is 0. The Bertz CT molecular complexity index is 138. The highest BCUT2D eigenvalue weighted by Gasteiger charge is 2.29. The summed E-state index contributed by atoms with van der Waals surface area (Å²) in [6.07, 6.45) is 2.40. The highest BCUT2D eigenvalue weighted by molar-refractivity contribution is 4.84. The zero-order valence-electron chi connectivity index (χ0n) is 8.18. The van der Waals surface area contributed by atoms with Crippen molar-refractivity contribution in [1.29, 1.82) is 0 Å². The predicted octanol–water partition coefficient (Wildman–Crippen LogP) is 0.446. The molecule has 0 aliphatic carbocycles. The Morgan fingerprint density at radius 2 is 2.33 bits per heavy atom. The number of nitrogens with zero attached hydrogens (tertiary/aromatic N) is 1. The van der Waals surface area contributed by atoms with Crippen LogP contribution in [0.3, 0.4) is 0 Å². The molecule has 3 nitrogen and oxygen atoms in total. The molecule has 0 radical (unpaired) electrons. The Balaban J connectivity index is 2.39. The maximum absolute atomic E-state index is 5.51. The van der Waals surface area contributed by atoms with Gasteiger partial charge in [0.25, 0.3) is 0 Å². The summed E-state index contributed by atoms with van der Waals surface area (Å²) in [5, 5.41) is 0. The first-order valence-corrected chi connectivity index (χ1v) is 4.68.